The van der Waals surface area contributed by atoms with E-state index in [0.29, 0.717) is 6.54 Å². The van der Waals surface area contributed by atoms with E-state index in [1.807, 2.05) is 0 Å². The van der Waals surface area contributed by atoms with Crippen molar-refractivity contribution in [2.45, 2.75) is 38.5 Å². The van der Waals surface area contributed by atoms with Crippen molar-refractivity contribution in [1.29, 1.82) is 0 Å². The molecule has 4 bridgehead atoms. The Kier molecular flexibility index (Phi) is 3.25. The first-order valence-electron chi connectivity index (χ1n) is 8.49. The van der Waals surface area contributed by atoms with Gasteiger partial charge in [-0.25, -0.2) is 4.79 Å². The van der Waals surface area contributed by atoms with E-state index in [1.165, 1.54) is 49.4 Å². The number of carboxylic acids is 1. The second-order valence-corrected chi connectivity index (χ2v) is 7.97. The van der Waals surface area contributed by atoms with Gasteiger partial charge < -0.3 is 10.4 Å². The van der Waals surface area contributed by atoms with Crippen LogP contribution in [0.4, 0.5) is 0 Å². The molecule has 1 aromatic heterocycles. The lowest BCUT2D eigenvalue weighted by Gasteiger charge is -2.56. The first-order valence-corrected chi connectivity index (χ1v) is 8.49. The molecule has 0 radical (unpaired) electrons. The van der Waals surface area contributed by atoms with Gasteiger partial charge >= 0.3 is 5.97 Å². The lowest BCUT2D eigenvalue weighted by atomic mass is 9.49. The van der Waals surface area contributed by atoms with E-state index in [4.69, 9.17) is 0 Å². The number of nitrogens with zero attached hydrogens (tertiary/aromatic N) is 2. The zero-order valence-corrected chi connectivity index (χ0v) is 13.4. The molecule has 1 amide bonds. The molecule has 6 nitrogen and oxygen atoms in total. The summed E-state index contributed by atoms with van der Waals surface area (Å²) in [6.07, 6.45) is 9.27. The van der Waals surface area contributed by atoms with Crippen molar-refractivity contribution in [2.75, 3.05) is 6.54 Å². The van der Waals surface area contributed by atoms with E-state index < -0.39 is 5.97 Å². The molecule has 0 spiro atoms. The van der Waals surface area contributed by atoms with Crippen LogP contribution >= 0.6 is 0 Å². The van der Waals surface area contributed by atoms with Crippen LogP contribution in [-0.2, 0) is 7.05 Å². The number of nitrogens with one attached hydrogen (secondary N) is 1. The smallest absolute Gasteiger partial charge is 0.357 e. The molecule has 0 atom stereocenters. The topological polar surface area (TPSA) is 84.2 Å². The van der Waals surface area contributed by atoms with Crippen LogP contribution in [0.2, 0.25) is 0 Å². The molecule has 0 aliphatic heterocycles. The number of hydrogen-bond donors (Lipinski definition) is 2. The standard InChI is InChI=1S/C17H23N3O3/c1-20-8-13(14(19-20)16(22)23)15(21)18-9-17-5-10-2-11(6-17)4-12(3-10)7-17/h8,10-12H,2-7,9H2,1H3,(H,18,21)(H,22,23). The van der Waals surface area contributed by atoms with E-state index in [0.717, 1.165) is 17.8 Å². The van der Waals surface area contributed by atoms with Gasteiger partial charge in [-0.15, -0.1) is 0 Å². The summed E-state index contributed by atoms with van der Waals surface area (Å²) >= 11 is 0. The van der Waals surface area contributed by atoms with Gasteiger partial charge in [0.25, 0.3) is 5.91 Å². The van der Waals surface area contributed by atoms with Gasteiger partial charge in [0, 0.05) is 19.8 Å². The molecule has 1 heterocycles. The summed E-state index contributed by atoms with van der Waals surface area (Å²) in [7, 11) is 1.63. The van der Waals surface area contributed by atoms with Crippen LogP contribution in [0.5, 0.6) is 0 Å². The van der Waals surface area contributed by atoms with Crippen LogP contribution in [0.15, 0.2) is 6.20 Å². The highest BCUT2D eigenvalue weighted by Crippen LogP contribution is 2.59. The number of aromatic nitrogens is 2. The highest BCUT2D eigenvalue weighted by Gasteiger charge is 2.50. The van der Waals surface area contributed by atoms with Crippen molar-refractivity contribution in [3.05, 3.63) is 17.5 Å². The molecule has 2 N–H and O–H groups in total. The molecule has 4 aliphatic carbocycles. The minimum atomic E-state index is -1.16. The summed E-state index contributed by atoms with van der Waals surface area (Å²) in [4.78, 5) is 23.7. The minimum absolute atomic E-state index is 0.157. The van der Waals surface area contributed by atoms with Crippen LogP contribution in [0, 0.1) is 23.2 Å². The molecule has 4 aliphatic rings. The third kappa shape index (κ3) is 2.54. The molecular formula is C17H23N3O3. The van der Waals surface area contributed by atoms with Crippen LogP contribution in [0.1, 0.15) is 59.4 Å². The van der Waals surface area contributed by atoms with Gasteiger partial charge in [0.1, 0.15) is 0 Å². The molecule has 4 saturated carbocycles. The van der Waals surface area contributed by atoms with Crippen molar-refractivity contribution >= 4 is 11.9 Å². The van der Waals surface area contributed by atoms with E-state index in [2.05, 4.69) is 10.4 Å². The predicted octanol–water partition coefficient (Wildman–Crippen LogP) is 2.06. The van der Waals surface area contributed by atoms with E-state index in [-0.39, 0.29) is 22.6 Å². The Morgan fingerprint density at radius 3 is 2.35 bits per heavy atom. The third-order valence-corrected chi connectivity index (χ3v) is 6.06. The van der Waals surface area contributed by atoms with Gasteiger partial charge in [-0.1, -0.05) is 0 Å². The molecular weight excluding hydrogens is 294 g/mol. The van der Waals surface area contributed by atoms with E-state index in [1.54, 1.807) is 7.05 Å². The molecule has 4 fully saturated rings. The lowest BCUT2D eigenvalue weighted by Crippen LogP contribution is -2.51. The van der Waals surface area contributed by atoms with Gasteiger partial charge in [-0.3, -0.25) is 9.48 Å². The fourth-order valence-electron chi connectivity index (χ4n) is 5.68. The molecule has 0 saturated heterocycles. The van der Waals surface area contributed by atoms with Gasteiger partial charge in [0.15, 0.2) is 5.69 Å². The zero-order valence-electron chi connectivity index (χ0n) is 13.4. The first-order chi connectivity index (χ1) is 10.9. The molecule has 124 valence electrons. The number of carbonyl (C=O) groups is 2. The van der Waals surface area contributed by atoms with Crippen molar-refractivity contribution in [3.63, 3.8) is 0 Å². The SMILES string of the molecule is Cn1cc(C(=O)NCC23CC4CC(CC(C4)C2)C3)c(C(=O)O)n1. The first kappa shape index (κ1) is 14.7. The number of carbonyl (C=O) groups excluding carboxylic acids is 1. The van der Waals surface area contributed by atoms with Crippen molar-refractivity contribution in [1.82, 2.24) is 15.1 Å². The Morgan fingerprint density at radius 2 is 1.83 bits per heavy atom. The number of rotatable bonds is 4. The summed E-state index contributed by atoms with van der Waals surface area (Å²) in [5.74, 6) is 1.04. The number of aryl methyl sites for hydroxylation is 1. The van der Waals surface area contributed by atoms with Gasteiger partial charge in [-0.05, 0) is 61.7 Å². The predicted molar refractivity (Wildman–Crippen MR) is 83.1 cm³/mol. The Bertz CT molecular complexity index is 629. The van der Waals surface area contributed by atoms with Gasteiger partial charge in [-0.2, -0.15) is 5.10 Å². The Hall–Kier alpha value is -1.85. The zero-order chi connectivity index (χ0) is 16.2. The van der Waals surface area contributed by atoms with Gasteiger partial charge in [0.2, 0.25) is 0 Å². The monoisotopic (exact) mass is 317 g/mol. The number of aromatic carboxylic acids is 1. The minimum Gasteiger partial charge on any atom is -0.476 e. The number of carboxylic acid groups (broad SMARTS) is 1. The van der Waals surface area contributed by atoms with Crippen molar-refractivity contribution in [3.8, 4) is 0 Å². The fraction of sp³-hybridized carbons (Fsp3) is 0.706. The Labute approximate surface area is 135 Å². The van der Waals surface area contributed by atoms with E-state index >= 15 is 0 Å². The maximum Gasteiger partial charge on any atom is 0.357 e. The van der Waals surface area contributed by atoms with Crippen molar-refractivity contribution in [2.24, 2.45) is 30.2 Å². The quantitative estimate of drug-likeness (QED) is 0.890. The third-order valence-electron chi connectivity index (χ3n) is 6.06. The largest absolute Gasteiger partial charge is 0.476 e. The maximum absolute atomic E-state index is 12.4. The van der Waals surface area contributed by atoms with Crippen LogP contribution < -0.4 is 5.32 Å². The maximum atomic E-state index is 12.4. The second-order valence-electron chi connectivity index (χ2n) is 7.97. The van der Waals surface area contributed by atoms with Crippen LogP contribution in [0.3, 0.4) is 0 Å². The van der Waals surface area contributed by atoms with Crippen LogP contribution in [0.25, 0.3) is 0 Å². The second kappa shape index (κ2) is 5.08. The molecule has 0 unspecified atom stereocenters. The number of hydrogen-bond acceptors (Lipinski definition) is 3. The van der Waals surface area contributed by atoms with Crippen LogP contribution in [-0.4, -0.2) is 33.3 Å². The fourth-order valence-corrected chi connectivity index (χ4v) is 5.68. The molecule has 1 aromatic rings. The van der Waals surface area contributed by atoms with Crippen molar-refractivity contribution < 1.29 is 14.7 Å². The van der Waals surface area contributed by atoms with E-state index in [9.17, 15) is 14.7 Å². The Balaban J connectivity index is 1.47. The summed E-state index contributed by atoms with van der Waals surface area (Å²) in [5.41, 5.74) is 0.232. The lowest BCUT2D eigenvalue weighted by molar-refractivity contribution is -0.0503. The highest BCUT2D eigenvalue weighted by atomic mass is 16.4. The summed E-state index contributed by atoms with van der Waals surface area (Å²) in [6.45, 7) is 0.670. The summed E-state index contributed by atoms with van der Waals surface area (Å²) < 4.78 is 1.38. The normalized spacial score (nSPS) is 34.6. The molecule has 5 rings (SSSR count). The number of amides is 1. The molecule has 6 heteroatoms. The molecule has 0 aromatic carbocycles. The average Bonchev–Trinajstić information content (AvgIpc) is 2.86. The molecule has 23 heavy (non-hydrogen) atoms. The Morgan fingerprint density at radius 1 is 1.26 bits per heavy atom. The highest BCUT2D eigenvalue weighted by molar-refractivity contribution is 6.03. The summed E-state index contributed by atoms with van der Waals surface area (Å²) in [6, 6.07) is 0. The average molecular weight is 317 g/mol. The van der Waals surface area contributed by atoms with Gasteiger partial charge in [0.05, 0.1) is 5.56 Å². The summed E-state index contributed by atoms with van der Waals surface area (Å²) in [5, 5.41) is 16.0.